The van der Waals surface area contributed by atoms with Crippen LogP contribution < -0.4 is 0 Å². The van der Waals surface area contributed by atoms with Crippen LogP contribution in [-0.4, -0.2) is 23.9 Å². The predicted octanol–water partition coefficient (Wildman–Crippen LogP) is 3.46. The first-order valence-electron chi connectivity index (χ1n) is 5.98. The Morgan fingerprint density at radius 1 is 1.24 bits per heavy atom. The van der Waals surface area contributed by atoms with Gasteiger partial charge in [0.25, 0.3) is 0 Å². The standard InChI is InChI=1S/C13H16BrNO2/c14-12-7-5-11(17-12)6-8-13(16)15-9-3-1-2-4-10-15/h5-8H,1-4,9-10H2. The Hall–Kier alpha value is -1.03. The number of hydrogen-bond donors (Lipinski definition) is 0. The first-order valence-corrected chi connectivity index (χ1v) is 6.77. The third kappa shape index (κ3) is 3.73. The first-order chi connectivity index (χ1) is 8.25. The van der Waals surface area contributed by atoms with Gasteiger partial charge in [0.15, 0.2) is 4.67 Å². The summed E-state index contributed by atoms with van der Waals surface area (Å²) in [6.45, 7) is 1.76. The van der Waals surface area contributed by atoms with Gasteiger partial charge in [-0.2, -0.15) is 0 Å². The summed E-state index contributed by atoms with van der Waals surface area (Å²) in [5, 5.41) is 0. The second kappa shape index (κ2) is 6.05. The van der Waals surface area contributed by atoms with Gasteiger partial charge in [-0.25, -0.2) is 0 Å². The highest BCUT2D eigenvalue weighted by molar-refractivity contribution is 9.10. The van der Waals surface area contributed by atoms with Crippen molar-refractivity contribution in [2.45, 2.75) is 25.7 Å². The highest BCUT2D eigenvalue weighted by Crippen LogP contribution is 2.15. The number of carbonyl (C=O) groups is 1. The van der Waals surface area contributed by atoms with Gasteiger partial charge < -0.3 is 9.32 Å². The molecular formula is C13H16BrNO2. The molecule has 1 aromatic rings. The van der Waals surface area contributed by atoms with E-state index in [9.17, 15) is 4.79 Å². The van der Waals surface area contributed by atoms with E-state index >= 15 is 0 Å². The number of rotatable bonds is 2. The first kappa shape index (κ1) is 12.4. The average Bonchev–Trinajstić information content (AvgIpc) is 2.58. The van der Waals surface area contributed by atoms with E-state index < -0.39 is 0 Å². The molecule has 0 radical (unpaired) electrons. The predicted molar refractivity (Wildman–Crippen MR) is 70.5 cm³/mol. The number of hydrogen-bond acceptors (Lipinski definition) is 2. The molecule has 1 aliphatic heterocycles. The molecular weight excluding hydrogens is 282 g/mol. The summed E-state index contributed by atoms with van der Waals surface area (Å²) >= 11 is 3.23. The van der Waals surface area contributed by atoms with Crippen molar-refractivity contribution in [3.63, 3.8) is 0 Å². The van der Waals surface area contributed by atoms with E-state index in [1.165, 1.54) is 12.8 Å². The fourth-order valence-electron chi connectivity index (χ4n) is 1.97. The molecule has 0 aromatic carbocycles. The van der Waals surface area contributed by atoms with E-state index in [2.05, 4.69) is 15.9 Å². The lowest BCUT2D eigenvalue weighted by atomic mass is 10.2. The van der Waals surface area contributed by atoms with E-state index in [0.717, 1.165) is 25.9 Å². The van der Waals surface area contributed by atoms with Crippen LogP contribution in [0, 0.1) is 0 Å². The van der Waals surface area contributed by atoms with Crippen molar-refractivity contribution in [2.75, 3.05) is 13.1 Å². The molecule has 0 unspecified atom stereocenters. The lowest BCUT2D eigenvalue weighted by Crippen LogP contribution is -2.30. The maximum absolute atomic E-state index is 11.9. The molecule has 0 aliphatic carbocycles. The highest BCUT2D eigenvalue weighted by Gasteiger charge is 2.12. The van der Waals surface area contributed by atoms with Gasteiger partial charge in [-0.3, -0.25) is 4.79 Å². The highest BCUT2D eigenvalue weighted by atomic mass is 79.9. The summed E-state index contributed by atoms with van der Waals surface area (Å²) < 4.78 is 5.99. The Bertz CT molecular complexity index is 403. The Morgan fingerprint density at radius 3 is 2.53 bits per heavy atom. The number of halogens is 1. The largest absolute Gasteiger partial charge is 0.450 e. The molecule has 3 nitrogen and oxygen atoms in total. The average molecular weight is 298 g/mol. The van der Waals surface area contributed by atoms with E-state index in [-0.39, 0.29) is 5.91 Å². The van der Waals surface area contributed by atoms with Crippen LogP contribution in [0.4, 0.5) is 0 Å². The fourth-order valence-corrected chi connectivity index (χ4v) is 2.29. The Balaban J connectivity index is 1.93. The molecule has 0 N–H and O–H groups in total. The number of nitrogens with zero attached hydrogens (tertiary/aromatic N) is 1. The molecule has 17 heavy (non-hydrogen) atoms. The monoisotopic (exact) mass is 297 g/mol. The zero-order valence-electron chi connectivity index (χ0n) is 9.69. The van der Waals surface area contributed by atoms with Gasteiger partial charge >= 0.3 is 0 Å². The number of carbonyl (C=O) groups excluding carboxylic acids is 1. The zero-order valence-corrected chi connectivity index (χ0v) is 11.3. The molecule has 0 bridgehead atoms. The van der Waals surface area contributed by atoms with Crippen LogP contribution in [0.3, 0.4) is 0 Å². The van der Waals surface area contributed by atoms with Crippen molar-refractivity contribution < 1.29 is 9.21 Å². The Kier molecular flexibility index (Phi) is 4.42. The minimum absolute atomic E-state index is 0.0828. The maximum Gasteiger partial charge on any atom is 0.246 e. The minimum Gasteiger partial charge on any atom is -0.450 e. The Labute approximate surface area is 110 Å². The molecule has 0 spiro atoms. The summed E-state index contributed by atoms with van der Waals surface area (Å²) in [7, 11) is 0. The molecule has 0 saturated carbocycles. The summed E-state index contributed by atoms with van der Waals surface area (Å²) in [6, 6.07) is 3.65. The van der Waals surface area contributed by atoms with Gasteiger partial charge in [0.2, 0.25) is 5.91 Å². The van der Waals surface area contributed by atoms with Gasteiger partial charge in [-0.1, -0.05) is 12.8 Å². The molecule has 2 heterocycles. The van der Waals surface area contributed by atoms with Crippen LogP contribution in [0.1, 0.15) is 31.4 Å². The van der Waals surface area contributed by atoms with Crippen molar-refractivity contribution >= 4 is 27.9 Å². The molecule has 4 heteroatoms. The molecule has 92 valence electrons. The number of likely N-dealkylation sites (tertiary alicyclic amines) is 1. The van der Waals surface area contributed by atoms with E-state index in [4.69, 9.17) is 4.42 Å². The third-order valence-corrected chi connectivity index (χ3v) is 3.33. The molecule has 1 amide bonds. The minimum atomic E-state index is 0.0828. The second-order valence-electron chi connectivity index (χ2n) is 4.21. The normalized spacial score (nSPS) is 17.4. The van der Waals surface area contributed by atoms with Gasteiger partial charge in [0.05, 0.1) is 0 Å². The van der Waals surface area contributed by atoms with Crippen LogP contribution in [0.5, 0.6) is 0 Å². The van der Waals surface area contributed by atoms with Crippen molar-refractivity contribution in [2.24, 2.45) is 0 Å². The Morgan fingerprint density at radius 2 is 1.94 bits per heavy atom. The van der Waals surface area contributed by atoms with Crippen molar-refractivity contribution in [1.82, 2.24) is 4.90 Å². The van der Waals surface area contributed by atoms with Crippen LogP contribution in [0.25, 0.3) is 6.08 Å². The summed E-state index contributed by atoms with van der Waals surface area (Å²) in [5.41, 5.74) is 0. The smallest absolute Gasteiger partial charge is 0.246 e. The number of amides is 1. The molecule has 1 aromatic heterocycles. The van der Waals surface area contributed by atoms with Gasteiger partial charge in [-0.15, -0.1) is 0 Å². The van der Waals surface area contributed by atoms with Crippen LogP contribution >= 0.6 is 15.9 Å². The van der Waals surface area contributed by atoms with Gasteiger partial charge in [0, 0.05) is 19.2 Å². The fraction of sp³-hybridized carbons (Fsp3) is 0.462. The number of furan rings is 1. The van der Waals surface area contributed by atoms with Gasteiger partial charge in [0.1, 0.15) is 5.76 Å². The molecule has 1 saturated heterocycles. The lowest BCUT2D eigenvalue weighted by molar-refractivity contribution is -0.125. The SMILES string of the molecule is O=C(C=Cc1ccc(Br)o1)N1CCCCCC1. The van der Waals surface area contributed by atoms with E-state index in [0.29, 0.717) is 10.4 Å². The third-order valence-electron chi connectivity index (χ3n) is 2.90. The molecule has 1 aliphatic rings. The summed E-state index contributed by atoms with van der Waals surface area (Å²) in [4.78, 5) is 13.8. The topological polar surface area (TPSA) is 33.5 Å². The van der Waals surface area contributed by atoms with E-state index in [1.807, 2.05) is 17.0 Å². The molecule has 2 rings (SSSR count). The quantitative estimate of drug-likeness (QED) is 0.783. The second-order valence-corrected chi connectivity index (χ2v) is 5.00. The van der Waals surface area contributed by atoms with Crippen LogP contribution in [0.2, 0.25) is 0 Å². The maximum atomic E-state index is 11.9. The van der Waals surface area contributed by atoms with Crippen molar-refractivity contribution in [3.05, 3.63) is 28.6 Å². The van der Waals surface area contributed by atoms with E-state index in [1.54, 1.807) is 12.2 Å². The van der Waals surface area contributed by atoms with Crippen molar-refractivity contribution in [1.29, 1.82) is 0 Å². The van der Waals surface area contributed by atoms with Crippen LogP contribution in [0.15, 0.2) is 27.3 Å². The summed E-state index contributed by atoms with van der Waals surface area (Å²) in [5.74, 6) is 0.777. The molecule has 1 fully saturated rings. The molecule has 0 atom stereocenters. The van der Waals surface area contributed by atoms with Gasteiger partial charge in [-0.05, 0) is 47.0 Å². The lowest BCUT2D eigenvalue weighted by Gasteiger charge is -2.17. The summed E-state index contributed by atoms with van der Waals surface area (Å²) in [6.07, 6.45) is 8.02. The zero-order chi connectivity index (χ0) is 12.1. The van der Waals surface area contributed by atoms with Crippen LogP contribution in [-0.2, 0) is 4.79 Å². The van der Waals surface area contributed by atoms with Crippen molar-refractivity contribution in [3.8, 4) is 0 Å².